The van der Waals surface area contributed by atoms with Crippen LogP contribution >= 0.6 is 11.3 Å². The summed E-state index contributed by atoms with van der Waals surface area (Å²) in [5, 5.41) is 12.6. The predicted molar refractivity (Wildman–Crippen MR) is 85.6 cm³/mol. The zero-order chi connectivity index (χ0) is 15.2. The lowest BCUT2D eigenvalue weighted by Gasteiger charge is -1.93. The number of amides is 1. The maximum absolute atomic E-state index is 11.9. The van der Waals surface area contributed by atoms with Gasteiger partial charge in [-0.2, -0.15) is 10.2 Å². The van der Waals surface area contributed by atoms with Crippen molar-refractivity contribution in [2.45, 2.75) is 0 Å². The number of furan rings is 1. The summed E-state index contributed by atoms with van der Waals surface area (Å²) >= 11 is 1.56. The van der Waals surface area contributed by atoms with E-state index < -0.39 is 0 Å². The number of hydrogen-bond acceptors (Lipinski definition) is 5. The highest BCUT2D eigenvalue weighted by molar-refractivity contribution is 7.13. The molecule has 0 aromatic carbocycles. The van der Waals surface area contributed by atoms with E-state index >= 15 is 0 Å². The van der Waals surface area contributed by atoms with Crippen LogP contribution in [0.25, 0.3) is 16.6 Å². The number of carbonyl (C=O) groups excluding carboxylic acids is 1. The van der Waals surface area contributed by atoms with Gasteiger partial charge in [0.1, 0.15) is 17.1 Å². The van der Waals surface area contributed by atoms with E-state index in [2.05, 4.69) is 20.7 Å². The molecule has 0 atom stereocenters. The molecule has 6 nitrogen and oxygen atoms in total. The lowest BCUT2D eigenvalue weighted by Crippen LogP contribution is -2.17. The SMILES string of the molecule is O=C(N/N=C\C=C\c1ccco1)c1cc(-c2cccs2)n[nH]1. The van der Waals surface area contributed by atoms with Crippen molar-refractivity contribution in [2.75, 3.05) is 0 Å². The van der Waals surface area contributed by atoms with Gasteiger partial charge in [0.15, 0.2) is 0 Å². The standard InChI is InChI=1S/C15H12N4O2S/c20-15(19-16-7-1-4-11-5-2-8-21-11)13-10-12(17-18-13)14-6-3-9-22-14/h1-10H,(H,17,18)(H,19,20)/b4-1+,16-7-. The Morgan fingerprint density at radius 1 is 1.41 bits per heavy atom. The minimum absolute atomic E-state index is 0.349. The normalized spacial score (nSPS) is 11.5. The fourth-order valence-corrected chi connectivity index (χ4v) is 2.40. The third-order valence-electron chi connectivity index (χ3n) is 2.73. The van der Waals surface area contributed by atoms with Crippen molar-refractivity contribution in [1.29, 1.82) is 0 Å². The number of H-pyrrole nitrogens is 1. The molecule has 0 bridgehead atoms. The van der Waals surface area contributed by atoms with Gasteiger partial charge in [-0.05, 0) is 41.8 Å². The Morgan fingerprint density at radius 3 is 3.14 bits per heavy atom. The summed E-state index contributed by atoms with van der Waals surface area (Å²) in [6.45, 7) is 0. The third-order valence-corrected chi connectivity index (χ3v) is 3.62. The van der Waals surface area contributed by atoms with Gasteiger partial charge in [-0.1, -0.05) is 6.07 Å². The largest absolute Gasteiger partial charge is 0.465 e. The van der Waals surface area contributed by atoms with E-state index in [4.69, 9.17) is 4.42 Å². The van der Waals surface area contributed by atoms with E-state index in [0.717, 1.165) is 10.6 Å². The van der Waals surface area contributed by atoms with Crippen molar-refractivity contribution in [2.24, 2.45) is 5.10 Å². The van der Waals surface area contributed by atoms with Crippen LogP contribution < -0.4 is 5.43 Å². The molecule has 7 heteroatoms. The van der Waals surface area contributed by atoms with Gasteiger partial charge in [-0.25, -0.2) is 5.43 Å². The van der Waals surface area contributed by atoms with Crippen molar-refractivity contribution >= 4 is 29.5 Å². The Balaban J connectivity index is 1.56. The van der Waals surface area contributed by atoms with E-state index in [0.29, 0.717) is 11.5 Å². The third kappa shape index (κ3) is 3.39. The number of aromatic amines is 1. The Hall–Kier alpha value is -2.93. The first-order valence-corrected chi connectivity index (χ1v) is 7.34. The molecule has 0 unspecified atom stereocenters. The van der Waals surface area contributed by atoms with E-state index in [-0.39, 0.29) is 5.91 Å². The van der Waals surface area contributed by atoms with Crippen LogP contribution in [0.1, 0.15) is 16.2 Å². The summed E-state index contributed by atoms with van der Waals surface area (Å²) in [4.78, 5) is 12.9. The molecule has 1 amide bonds. The van der Waals surface area contributed by atoms with Gasteiger partial charge in [-0.3, -0.25) is 9.89 Å². The van der Waals surface area contributed by atoms with Crippen LogP contribution in [0, 0.1) is 0 Å². The highest BCUT2D eigenvalue weighted by Crippen LogP contribution is 2.22. The maximum atomic E-state index is 11.9. The quantitative estimate of drug-likeness (QED) is 0.560. The van der Waals surface area contributed by atoms with E-state index in [1.54, 1.807) is 41.9 Å². The second kappa shape index (κ2) is 6.68. The zero-order valence-electron chi connectivity index (χ0n) is 11.4. The lowest BCUT2D eigenvalue weighted by molar-refractivity contribution is 0.0950. The van der Waals surface area contributed by atoms with Crippen molar-refractivity contribution in [1.82, 2.24) is 15.6 Å². The molecular formula is C15H12N4O2S. The molecule has 3 heterocycles. The number of rotatable bonds is 5. The van der Waals surface area contributed by atoms with Crippen molar-refractivity contribution in [3.05, 3.63) is 59.5 Å². The molecule has 3 aromatic heterocycles. The highest BCUT2D eigenvalue weighted by atomic mass is 32.1. The van der Waals surface area contributed by atoms with Crippen LogP contribution in [-0.4, -0.2) is 22.3 Å². The van der Waals surface area contributed by atoms with Crippen LogP contribution in [0.5, 0.6) is 0 Å². The van der Waals surface area contributed by atoms with Gasteiger partial charge in [0, 0.05) is 6.21 Å². The van der Waals surface area contributed by atoms with Gasteiger partial charge in [0.2, 0.25) is 0 Å². The van der Waals surface area contributed by atoms with Gasteiger partial charge in [0.25, 0.3) is 5.91 Å². The molecule has 2 N–H and O–H groups in total. The molecule has 0 saturated heterocycles. The fraction of sp³-hybridized carbons (Fsp3) is 0. The Labute approximate surface area is 130 Å². The molecule has 0 aliphatic heterocycles. The number of carbonyl (C=O) groups is 1. The zero-order valence-corrected chi connectivity index (χ0v) is 12.2. The second-order valence-corrected chi connectivity index (χ2v) is 5.19. The number of nitrogens with one attached hydrogen (secondary N) is 2. The van der Waals surface area contributed by atoms with Crippen LogP contribution in [0.4, 0.5) is 0 Å². The number of allylic oxidation sites excluding steroid dienone is 1. The molecule has 3 rings (SSSR count). The second-order valence-electron chi connectivity index (χ2n) is 4.24. The molecular weight excluding hydrogens is 300 g/mol. The summed E-state index contributed by atoms with van der Waals surface area (Å²) in [5.74, 6) is 0.366. The topological polar surface area (TPSA) is 83.3 Å². The first kappa shape index (κ1) is 14.0. The molecule has 0 radical (unpaired) electrons. The molecule has 0 saturated carbocycles. The first-order chi connectivity index (χ1) is 10.8. The van der Waals surface area contributed by atoms with Crippen molar-refractivity contribution < 1.29 is 9.21 Å². The first-order valence-electron chi connectivity index (χ1n) is 6.46. The van der Waals surface area contributed by atoms with Crippen LogP contribution in [-0.2, 0) is 0 Å². The minimum atomic E-state index is -0.349. The Bertz CT molecular complexity index is 786. The number of hydrogen-bond donors (Lipinski definition) is 2. The van der Waals surface area contributed by atoms with Gasteiger partial charge < -0.3 is 4.42 Å². The highest BCUT2D eigenvalue weighted by Gasteiger charge is 2.10. The summed E-state index contributed by atoms with van der Waals surface area (Å²) in [7, 11) is 0. The lowest BCUT2D eigenvalue weighted by atomic mass is 10.3. The van der Waals surface area contributed by atoms with Crippen molar-refractivity contribution in [3.8, 4) is 10.6 Å². The number of aromatic nitrogens is 2. The van der Waals surface area contributed by atoms with E-state index in [9.17, 15) is 4.79 Å². The maximum Gasteiger partial charge on any atom is 0.289 e. The van der Waals surface area contributed by atoms with E-state index in [1.165, 1.54) is 6.21 Å². The summed E-state index contributed by atoms with van der Waals surface area (Å²) in [6.07, 6.45) is 6.46. The van der Waals surface area contributed by atoms with Crippen LogP contribution in [0.3, 0.4) is 0 Å². The number of hydrazone groups is 1. The molecule has 110 valence electrons. The van der Waals surface area contributed by atoms with Gasteiger partial charge in [-0.15, -0.1) is 11.3 Å². The molecule has 0 aliphatic carbocycles. The van der Waals surface area contributed by atoms with Crippen LogP contribution in [0.2, 0.25) is 0 Å². The monoisotopic (exact) mass is 312 g/mol. The summed E-state index contributed by atoms with van der Waals surface area (Å²) in [5.41, 5.74) is 3.51. The molecule has 3 aromatic rings. The smallest absolute Gasteiger partial charge is 0.289 e. The fourth-order valence-electron chi connectivity index (χ4n) is 1.71. The van der Waals surface area contributed by atoms with Gasteiger partial charge >= 0.3 is 0 Å². The minimum Gasteiger partial charge on any atom is -0.465 e. The predicted octanol–water partition coefficient (Wildman–Crippen LogP) is 3.16. The van der Waals surface area contributed by atoms with Crippen molar-refractivity contribution in [3.63, 3.8) is 0 Å². The molecule has 0 fully saturated rings. The number of nitrogens with zero attached hydrogens (tertiary/aromatic N) is 2. The summed E-state index contributed by atoms with van der Waals surface area (Å²) in [6, 6.07) is 9.18. The number of thiophene rings is 1. The van der Waals surface area contributed by atoms with Gasteiger partial charge in [0.05, 0.1) is 11.1 Å². The van der Waals surface area contributed by atoms with E-state index in [1.807, 2.05) is 23.6 Å². The Morgan fingerprint density at radius 2 is 2.36 bits per heavy atom. The Kier molecular flexibility index (Phi) is 4.26. The molecule has 22 heavy (non-hydrogen) atoms. The average molecular weight is 312 g/mol. The average Bonchev–Trinajstić information content (AvgIpc) is 3.26. The molecule has 0 spiro atoms. The van der Waals surface area contributed by atoms with Crippen LogP contribution in [0.15, 0.2) is 57.6 Å². The molecule has 0 aliphatic rings. The summed E-state index contributed by atoms with van der Waals surface area (Å²) < 4.78 is 5.12.